The summed E-state index contributed by atoms with van der Waals surface area (Å²) in [7, 11) is 0. The third kappa shape index (κ3) is 1.77. The zero-order valence-electron chi connectivity index (χ0n) is 8.97. The number of halogens is 3. The molecular formula is C11H10BF3N-. The van der Waals surface area contributed by atoms with Crippen LogP contribution in [0.15, 0.2) is 24.4 Å². The van der Waals surface area contributed by atoms with Gasteiger partial charge in [-0.3, -0.25) is 4.98 Å². The van der Waals surface area contributed by atoms with Gasteiger partial charge in [-0.25, -0.2) is 0 Å². The molecule has 2 aromatic rings. The monoisotopic (exact) mass is 224 g/mol. The van der Waals surface area contributed by atoms with Crippen LogP contribution in [0.1, 0.15) is 11.1 Å². The van der Waals surface area contributed by atoms with Crippen LogP contribution in [0.25, 0.3) is 10.9 Å². The average molecular weight is 224 g/mol. The van der Waals surface area contributed by atoms with Crippen LogP contribution in [0.5, 0.6) is 0 Å². The molecule has 2 rings (SSSR count). The summed E-state index contributed by atoms with van der Waals surface area (Å²) in [5.74, 6) is 0. The van der Waals surface area contributed by atoms with E-state index in [4.69, 9.17) is 0 Å². The average Bonchev–Trinajstić information content (AvgIpc) is 2.22. The molecule has 5 heteroatoms. The van der Waals surface area contributed by atoms with Crippen molar-refractivity contribution in [1.29, 1.82) is 0 Å². The topological polar surface area (TPSA) is 12.9 Å². The molecule has 16 heavy (non-hydrogen) atoms. The van der Waals surface area contributed by atoms with E-state index in [-0.39, 0.29) is 0 Å². The van der Waals surface area contributed by atoms with Gasteiger partial charge in [-0.15, -0.1) is 0 Å². The fourth-order valence-corrected chi connectivity index (χ4v) is 1.64. The lowest BCUT2D eigenvalue weighted by molar-refractivity contribution is 0.501. The summed E-state index contributed by atoms with van der Waals surface area (Å²) in [5.41, 5.74) is 1.96. The van der Waals surface area contributed by atoms with Gasteiger partial charge in [0.25, 0.3) is 0 Å². The molecule has 1 heterocycles. The lowest BCUT2D eigenvalue weighted by atomic mass is 9.81. The van der Waals surface area contributed by atoms with E-state index in [0.717, 1.165) is 23.4 Å². The van der Waals surface area contributed by atoms with Crippen LogP contribution in [-0.2, 0) is 0 Å². The summed E-state index contributed by atoms with van der Waals surface area (Å²) in [6, 6.07) is 4.65. The summed E-state index contributed by atoms with van der Waals surface area (Å²) >= 11 is 0. The van der Waals surface area contributed by atoms with Gasteiger partial charge in [0.1, 0.15) is 0 Å². The number of benzene rings is 1. The van der Waals surface area contributed by atoms with Gasteiger partial charge in [-0.1, -0.05) is 23.7 Å². The quantitative estimate of drug-likeness (QED) is 0.678. The molecule has 0 N–H and O–H groups in total. The number of fused-ring (bicyclic) bond motifs is 1. The van der Waals surface area contributed by atoms with Crippen LogP contribution in [0.3, 0.4) is 0 Å². The van der Waals surface area contributed by atoms with Crippen molar-refractivity contribution in [3.8, 4) is 0 Å². The van der Waals surface area contributed by atoms with Crippen LogP contribution < -0.4 is 5.46 Å². The number of aromatic nitrogens is 1. The van der Waals surface area contributed by atoms with Crippen LogP contribution in [0, 0.1) is 13.8 Å². The molecule has 0 aliphatic carbocycles. The van der Waals surface area contributed by atoms with E-state index in [2.05, 4.69) is 4.98 Å². The lowest BCUT2D eigenvalue weighted by Crippen LogP contribution is -2.34. The second kappa shape index (κ2) is 3.51. The maximum Gasteiger partial charge on any atom is 0.511 e. The minimum absolute atomic E-state index is 0.541. The van der Waals surface area contributed by atoms with Gasteiger partial charge in [0.05, 0.1) is 5.52 Å². The van der Waals surface area contributed by atoms with Gasteiger partial charge < -0.3 is 12.9 Å². The first kappa shape index (κ1) is 11.0. The second-order valence-corrected chi connectivity index (χ2v) is 3.92. The highest BCUT2D eigenvalue weighted by atomic mass is 19.4. The highest BCUT2D eigenvalue weighted by Gasteiger charge is 2.26. The number of aryl methyl sites for hydroxylation is 2. The molecule has 1 aromatic carbocycles. The maximum atomic E-state index is 12.5. The van der Waals surface area contributed by atoms with E-state index in [1.807, 2.05) is 19.9 Å². The Bertz CT molecular complexity index is 549. The number of pyridine rings is 1. The SMILES string of the molecule is Cc1ccc2cc([B-](F)(F)F)cnc2c1C. The molecule has 0 bridgehead atoms. The normalized spacial score (nSPS) is 12.1. The molecule has 1 aromatic heterocycles. The number of rotatable bonds is 1. The predicted molar refractivity (Wildman–Crippen MR) is 59.9 cm³/mol. The Balaban J connectivity index is 2.70. The second-order valence-electron chi connectivity index (χ2n) is 3.92. The van der Waals surface area contributed by atoms with Crippen molar-refractivity contribution < 1.29 is 12.9 Å². The van der Waals surface area contributed by atoms with Crippen LogP contribution in [0.2, 0.25) is 0 Å². The van der Waals surface area contributed by atoms with E-state index in [9.17, 15) is 12.9 Å². The zero-order chi connectivity index (χ0) is 11.9. The first-order chi connectivity index (χ1) is 7.39. The van der Waals surface area contributed by atoms with E-state index in [0.29, 0.717) is 10.9 Å². The molecular weight excluding hydrogens is 214 g/mol. The number of hydrogen-bond acceptors (Lipinski definition) is 1. The van der Waals surface area contributed by atoms with E-state index in [1.165, 1.54) is 0 Å². The molecule has 0 spiro atoms. The highest BCUT2D eigenvalue weighted by molar-refractivity contribution is 6.73. The summed E-state index contributed by atoms with van der Waals surface area (Å²) < 4.78 is 37.6. The van der Waals surface area contributed by atoms with Gasteiger partial charge in [-0.05, 0) is 30.4 Å². The Kier molecular flexibility index (Phi) is 2.41. The molecule has 0 aliphatic heterocycles. The van der Waals surface area contributed by atoms with Gasteiger partial charge in [0.2, 0.25) is 0 Å². The molecule has 0 fully saturated rings. The first-order valence-corrected chi connectivity index (χ1v) is 4.95. The number of hydrogen-bond donors (Lipinski definition) is 0. The molecule has 84 valence electrons. The van der Waals surface area contributed by atoms with E-state index >= 15 is 0 Å². The Labute approximate surface area is 91.4 Å². The zero-order valence-corrected chi connectivity index (χ0v) is 8.97. The minimum Gasteiger partial charge on any atom is -0.445 e. The Morgan fingerprint density at radius 2 is 1.81 bits per heavy atom. The van der Waals surface area contributed by atoms with Crippen molar-refractivity contribution in [2.24, 2.45) is 0 Å². The smallest absolute Gasteiger partial charge is 0.445 e. The standard InChI is InChI=1S/C11H10BF3N/c1-7-3-4-9-5-10(12(13,14)15)6-16-11(9)8(7)2/h3-6H,1-2H3/q-1. The maximum absolute atomic E-state index is 12.5. The Hall–Kier alpha value is -1.52. The van der Waals surface area contributed by atoms with Crippen LogP contribution in [-0.4, -0.2) is 12.0 Å². The van der Waals surface area contributed by atoms with Gasteiger partial charge in [-0.2, -0.15) is 0 Å². The van der Waals surface area contributed by atoms with Crippen molar-refractivity contribution in [3.63, 3.8) is 0 Å². The molecule has 1 nitrogen and oxygen atoms in total. The summed E-state index contributed by atoms with van der Waals surface area (Å²) in [6.07, 6.45) is 0.911. The van der Waals surface area contributed by atoms with Crippen molar-refractivity contribution in [1.82, 2.24) is 4.98 Å². The third-order valence-corrected chi connectivity index (χ3v) is 2.78. The summed E-state index contributed by atoms with van der Waals surface area (Å²) in [5, 5.41) is 0.541. The van der Waals surface area contributed by atoms with Crippen LogP contribution >= 0.6 is 0 Å². The highest BCUT2D eigenvalue weighted by Crippen LogP contribution is 2.19. The Morgan fingerprint density at radius 1 is 1.12 bits per heavy atom. The third-order valence-electron chi connectivity index (χ3n) is 2.78. The predicted octanol–water partition coefficient (Wildman–Crippen LogP) is 2.91. The van der Waals surface area contributed by atoms with Crippen molar-refractivity contribution in [2.45, 2.75) is 13.8 Å². The molecule has 0 saturated carbocycles. The van der Waals surface area contributed by atoms with E-state index < -0.39 is 12.4 Å². The van der Waals surface area contributed by atoms with Crippen molar-refractivity contribution >= 4 is 23.3 Å². The van der Waals surface area contributed by atoms with Gasteiger partial charge >= 0.3 is 6.98 Å². The number of nitrogens with zero attached hydrogens (tertiary/aromatic N) is 1. The largest absolute Gasteiger partial charge is 0.511 e. The molecule has 0 aliphatic rings. The van der Waals surface area contributed by atoms with Gasteiger partial charge in [0, 0.05) is 6.20 Å². The molecule has 0 atom stereocenters. The summed E-state index contributed by atoms with van der Waals surface area (Å²) in [6.45, 7) is -1.19. The summed E-state index contributed by atoms with van der Waals surface area (Å²) in [4.78, 5) is 3.90. The van der Waals surface area contributed by atoms with Gasteiger partial charge in [0.15, 0.2) is 0 Å². The molecule has 0 radical (unpaired) electrons. The van der Waals surface area contributed by atoms with Crippen molar-refractivity contribution in [3.05, 3.63) is 35.5 Å². The minimum atomic E-state index is -4.97. The van der Waals surface area contributed by atoms with Crippen molar-refractivity contribution in [2.75, 3.05) is 0 Å². The lowest BCUT2D eigenvalue weighted by Gasteiger charge is -2.15. The first-order valence-electron chi connectivity index (χ1n) is 4.95. The molecule has 0 saturated heterocycles. The fraction of sp³-hybridized carbons (Fsp3) is 0.182. The van der Waals surface area contributed by atoms with E-state index in [1.54, 1.807) is 6.07 Å². The molecule has 0 amide bonds. The molecule has 0 unspecified atom stereocenters. The van der Waals surface area contributed by atoms with Crippen LogP contribution in [0.4, 0.5) is 12.9 Å². The fourth-order valence-electron chi connectivity index (χ4n) is 1.64. The Morgan fingerprint density at radius 3 is 2.44 bits per heavy atom.